The summed E-state index contributed by atoms with van der Waals surface area (Å²) in [6.45, 7) is 2.07. The maximum absolute atomic E-state index is 5.73. The Hall–Kier alpha value is -0.990. The normalized spacial score (nSPS) is 17.8. The quantitative estimate of drug-likeness (QED) is 0.686. The zero-order chi connectivity index (χ0) is 8.72. The van der Waals surface area contributed by atoms with Crippen molar-refractivity contribution in [2.24, 2.45) is 7.05 Å². The molecule has 0 bridgehead atoms. The Morgan fingerprint density at radius 2 is 2.17 bits per heavy atom. The predicted molar refractivity (Wildman–Crippen MR) is 48.9 cm³/mol. The highest BCUT2D eigenvalue weighted by Gasteiger charge is 2.25. The highest BCUT2D eigenvalue weighted by molar-refractivity contribution is 5.43. The van der Waals surface area contributed by atoms with Crippen LogP contribution in [0.3, 0.4) is 0 Å². The lowest BCUT2D eigenvalue weighted by molar-refractivity contribution is 0.395. The molecule has 0 unspecified atom stereocenters. The van der Waals surface area contributed by atoms with Crippen molar-refractivity contribution in [3.63, 3.8) is 0 Å². The smallest absolute Gasteiger partial charge is 0.148 e. The van der Waals surface area contributed by atoms with E-state index in [0.717, 1.165) is 5.92 Å². The van der Waals surface area contributed by atoms with Crippen LogP contribution in [0.15, 0.2) is 0 Å². The third kappa shape index (κ3) is 0.924. The number of hydrogen-bond acceptors (Lipinski definition) is 2. The number of anilines is 1. The molecule has 1 heterocycles. The summed E-state index contributed by atoms with van der Waals surface area (Å²) >= 11 is 0. The lowest BCUT2D eigenvalue weighted by Crippen LogP contribution is -2.14. The zero-order valence-corrected chi connectivity index (χ0v) is 7.67. The van der Waals surface area contributed by atoms with Gasteiger partial charge in [0, 0.05) is 24.2 Å². The molecule has 1 aliphatic carbocycles. The molecule has 1 aliphatic rings. The lowest BCUT2D eigenvalue weighted by atomic mass is 9.81. The Balaban J connectivity index is 2.40. The monoisotopic (exact) mass is 165 g/mol. The molecule has 1 aromatic heterocycles. The van der Waals surface area contributed by atoms with Crippen molar-refractivity contribution >= 4 is 5.82 Å². The zero-order valence-electron chi connectivity index (χ0n) is 7.67. The molecule has 0 spiro atoms. The molecule has 0 radical (unpaired) electrons. The van der Waals surface area contributed by atoms with E-state index < -0.39 is 0 Å². The van der Waals surface area contributed by atoms with Gasteiger partial charge in [0.25, 0.3) is 0 Å². The van der Waals surface area contributed by atoms with Crippen LogP contribution in [0.25, 0.3) is 0 Å². The van der Waals surface area contributed by atoms with Gasteiger partial charge in [-0.1, -0.05) is 6.42 Å². The molecule has 0 amide bonds. The van der Waals surface area contributed by atoms with Crippen molar-refractivity contribution in [2.75, 3.05) is 5.73 Å². The number of rotatable bonds is 1. The Labute approximate surface area is 72.6 Å². The fraction of sp³-hybridized carbons (Fsp3) is 0.667. The molecular weight excluding hydrogens is 150 g/mol. The Morgan fingerprint density at radius 3 is 2.50 bits per heavy atom. The van der Waals surface area contributed by atoms with Gasteiger partial charge in [-0.15, -0.1) is 0 Å². The van der Waals surface area contributed by atoms with E-state index in [0.29, 0.717) is 5.82 Å². The summed E-state index contributed by atoms with van der Waals surface area (Å²) in [5.74, 6) is 1.42. The van der Waals surface area contributed by atoms with E-state index >= 15 is 0 Å². The van der Waals surface area contributed by atoms with Gasteiger partial charge >= 0.3 is 0 Å². The highest BCUT2D eigenvalue weighted by Crippen LogP contribution is 2.38. The van der Waals surface area contributed by atoms with Gasteiger partial charge in [-0.25, -0.2) is 0 Å². The minimum Gasteiger partial charge on any atom is -0.382 e. The maximum Gasteiger partial charge on any atom is 0.148 e. The molecule has 3 nitrogen and oxygen atoms in total. The van der Waals surface area contributed by atoms with Crippen LogP contribution >= 0.6 is 0 Å². The second-order valence-corrected chi connectivity index (χ2v) is 3.65. The summed E-state index contributed by atoms with van der Waals surface area (Å²) in [7, 11) is 1.98. The van der Waals surface area contributed by atoms with Gasteiger partial charge in [-0.3, -0.25) is 4.68 Å². The summed E-state index contributed by atoms with van der Waals surface area (Å²) in [5, 5.41) is 4.21. The SMILES string of the molecule is Cc1c(N)nn(C)c1C1CCC1. The maximum atomic E-state index is 5.73. The number of nitrogens with two attached hydrogens (primary N) is 1. The molecule has 1 aromatic rings. The molecule has 1 saturated carbocycles. The van der Waals surface area contributed by atoms with Crippen molar-refractivity contribution in [1.82, 2.24) is 9.78 Å². The van der Waals surface area contributed by atoms with Gasteiger partial charge < -0.3 is 5.73 Å². The lowest BCUT2D eigenvalue weighted by Gasteiger charge is -2.26. The first-order valence-electron chi connectivity index (χ1n) is 4.49. The van der Waals surface area contributed by atoms with E-state index in [2.05, 4.69) is 12.0 Å². The third-order valence-electron chi connectivity index (χ3n) is 2.87. The van der Waals surface area contributed by atoms with Gasteiger partial charge in [0.1, 0.15) is 5.82 Å². The third-order valence-corrected chi connectivity index (χ3v) is 2.87. The number of nitrogen functional groups attached to an aromatic ring is 1. The van der Waals surface area contributed by atoms with Gasteiger partial charge in [-0.05, 0) is 19.8 Å². The highest BCUT2D eigenvalue weighted by atomic mass is 15.3. The van der Waals surface area contributed by atoms with E-state index in [1.807, 2.05) is 11.7 Å². The number of hydrogen-bond donors (Lipinski definition) is 1. The van der Waals surface area contributed by atoms with Crippen LogP contribution in [0, 0.1) is 6.92 Å². The number of aromatic nitrogens is 2. The minimum atomic E-state index is 0.694. The van der Waals surface area contributed by atoms with Crippen molar-refractivity contribution in [3.8, 4) is 0 Å². The van der Waals surface area contributed by atoms with Crippen LogP contribution in [0.2, 0.25) is 0 Å². The summed E-state index contributed by atoms with van der Waals surface area (Å²) in [6.07, 6.45) is 3.97. The first kappa shape index (κ1) is 7.65. The molecule has 1 fully saturated rings. The van der Waals surface area contributed by atoms with Crippen molar-refractivity contribution in [3.05, 3.63) is 11.3 Å². The predicted octanol–water partition coefficient (Wildman–Crippen LogP) is 1.58. The van der Waals surface area contributed by atoms with Crippen LogP contribution in [0.1, 0.15) is 36.4 Å². The van der Waals surface area contributed by atoms with E-state index in [1.165, 1.54) is 30.5 Å². The average molecular weight is 165 g/mol. The van der Waals surface area contributed by atoms with Gasteiger partial charge in [0.2, 0.25) is 0 Å². The largest absolute Gasteiger partial charge is 0.382 e. The van der Waals surface area contributed by atoms with E-state index in [9.17, 15) is 0 Å². The van der Waals surface area contributed by atoms with E-state index in [4.69, 9.17) is 5.73 Å². The average Bonchev–Trinajstić information content (AvgIpc) is 2.13. The number of aryl methyl sites for hydroxylation is 1. The molecule has 3 heteroatoms. The van der Waals surface area contributed by atoms with Gasteiger partial charge in [0.05, 0.1) is 0 Å². The molecule has 2 N–H and O–H groups in total. The molecule has 2 rings (SSSR count). The molecule has 12 heavy (non-hydrogen) atoms. The minimum absolute atomic E-state index is 0.694. The molecule has 0 saturated heterocycles. The van der Waals surface area contributed by atoms with E-state index in [-0.39, 0.29) is 0 Å². The Kier molecular flexibility index (Phi) is 1.60. The van der Waals surface area contributed by atoms with Crippen molar-refractivity contribution < 1.29 is 0 Å². The standard InChI is InChI=1S/C9H15N3/c1-6-8(7-4-3-5-7)12(2)11-9(6)10/h7H,3-5H2,1-2H3,(H2,10,11). The van der Waals surface area contributed by atoms with Crippen LogP contribution < -0.4 is 5.73 Å². The topological polar surface area (TPSA) is 43.8 Å². The van der Waals surface area contributed by atoms with E-state index in [1.54, 1.807) is 0 Å². The Morgan fingerprint density at radius 1 is 1.50 bits per heavy atom. The molecular formula is C9H15N3. The van der Waals surface area contributed by atoms with Crippen LogP contribution in [0.4, 0.5) is 5.82 Å². The van der Waals surface area contributed by atoms with Gasteiger partial charge in [-0.2, -0.15) is 5.10 Å². The fourth-order valence-electron chi connectivity index (χ4n) is 1.92. The summed E-state index contributed by atoms with van der Waals surface area (Å²) < 4.78 is 1.94. The number of nitrogens with zero attached hydrogens (tertiary/aromatic N) is 2. The van der Waals surface area contributed by atoms with Crippen molar-refractivity contribution in [2.45, 2.75) is 32.1 Å². The van der Waals surface area contributed by atoms with Crippen LogP contribution in [-0.4, -0.2) is 9.78 Å². The summed E-state index contributed by atoms with van der Waals surface area (Å²) in [4.78, 5) is 0. The molecule has 0 aromatic carbocycles. The van der Waals surface area contributed by atoms with Crippen molar-refractivity contribution in [1.29, 1.82) is 0 Å². The summed E-state index contributed by atoms with van der Waals surface area (Å²) in [6, 6.07) is 0. The first-order valence-corrected chi connectivity index (χ1v) is 4.49. The molecule has 0 atom stereocenters. The summed E-state index contributed by atoms with van der Waals surface area (Å²) in [5.41, 5.74) is 8.25. The first-order chi connectivity index (χ1) is 5.70. The molecule has 66 valence electrons. The van der Waals surface area contributed by atoms with Crippen LogP contribution in [0.5, 0.6) is 0 Å². The second kappa shape index (κ2) is 2.51. The second-order valence-electron chi connectivity index (χ2n) is 3.65. The van der Waals surface area contributed by atoms with Crippen LogP contribution in [-0.2, 0) is 7.05 Å². The van der Waals surface area contributed by atoms with Gasteiger partial charge in [0.15, 0.2) is 0 Å². The fourth-order valence-corrected chi connectivity index (χ4v) is 1.92. The Bertz CT molecular complexity index is 297. The molecule has 0 aliphatic heterocycles.